The Kier molecular flexibility index (Phi) is 8.74. The molecule has 10 nitrogen and oxygen atoms in total. The average Bonchev–Trinajstić information content (AvgIpc) is 3.16. The predicted molar refractivity (Wildman–Crippen MR) is 116 cm³/mol. The Bertz CT molecular complexity index is 934. The van der Waals surface area contributed by atoms with E-state index in [1.54, 1.807) is 52.0 Å². The molecule has 2 rings (SSSR count). The second kappa shape index (κ2) is 11.3. The highest BCUT2D eigenvalue weighted by molar-refractivity contribution is 5.95. The van der Waals surface area contributed by atoms with E-state index >= 15 is 0 Å². The lowest BCUT2D eigenvalue weighted by atomic mass is 10.1. The number of nitrogens with one attached hydrogen (secondary N) is 2. The molecule has 32 heavy (non-hydrogen) atoms. The van der Waals surface area contributed by atoms with E-state index in [9.17, 15) is 14.4 Å². The third-order valence-electron chi connectivity index (χ3n) is 4.28. The lowest BCUT2D eigenvalue weighted by Gasteiger charge is -2.20. The van der Waals surface area contributed by atoms with E-state index < -0.39 is 23.7 Å². The Labute approximate surface area is 187 Å². The number of alkyl carbamates (subject to hydrolysis) is 1. The van der Waals surface area contributed by atoms with Gasteiger partial charge in [-0.1, -0.05) is 17.3 Å². The van der Waals surface area contributed by atoms with Crippen molar-refractivity contribution in [1.82, 2.24) is 20.8 Å². The van der Waals surface area contributed by atoms with Gasteiger partial charge in [0.25, 0.3) is 5.91 Å². The molecule has 2 aromatic rings. The molecule has 1 aromatic heterocycles. The van der Waals surface area contributed by atoms with Gasteiger partial charge in [0.15, 0.2) is 0 Å². The number of rotatable bonds is 9. The number of carbonyl (C=O) groups excluding carboxylic acids is 3. The van der Waals surface area contributed by atoms with Gasteiger partial charge in [-0.3, -0.25) is 9.59 Å². The number of benzene rings is 1. The highest BCUT2D eigenvalue weighted by Crippen LogP contribution is 2.17. The summed E-state index contributed by atoms with van der Waals surface area (Å²) < 4.78 is 14.9. The molecule has 0 radical (unpaired) electrons. The lowest BCUT2D eigenvalue weighted by molar-refractivity contribution is -0.141. The molecule has 1 aromatic carbocycles. The van der Waals surface area contributed by atoms with Crippen molar-refractivity contribution in [3.05, 3.63) is 35.7 Å². The smallest absolute Gasteiger partial charge is 0.407 e. The molecule has 174 valence electrons. The van der Waals surface area contributed by atoms with E-state index in [0.29, 0.717) is 42.2 Å². The average molecular weight is 447 g/mol. The van der Waals surface area contributed by atoms with Gasteiger partial charge in [-0.2, -0.15) is 4.98 Å². The maximum atomic E-state index is 12.8. The third kappa shape index (κ3) is 8.37. The zero-order chi connectivity index (χ0) is 23.7. The molecule has 0 unspecified atom stereocenters. The molecule has 0 aliphatic carbocycles. The van der Waals surface area contributed by atoms with E-state index in [1.807, 2.05) is 0 Å². The summed E-state index contributed by atoms with van der Waals surface area (Å²) in [5.41, 5.74) is 0.451. The monoisotopic (exact) mass is 446 g/mol. The van der Waals surface area contributed by atoms with Gasteiger partial charge >= 0.3 is 12.1 Å². The molecule has 1 heterocycles. The number of hydrogen-bond acceptors (Lipinski definition) is 8. The molecule has 10 heteroatoms. The quantitative estimate of drug-likeness (QED) is 0.444. The van der Waals surface area contributed by atoms with Crippen LogP contribution in [0.5, 0.6) is 0 Å². The summed E-state index contributed by atoms with van der Waals surface area (Å²) in [6, 6.07) is 6.33. The van der Waals surface area contributed by atoms with Crippen LogP contribution in [0.4, 0.5) is 4.79 Å². The highest BCUT2D eigenvalue weighted by atomic mass is 16.6. The van der Waals surface area contributed by atoms with E-state index in [2.05, 4.69) is 20.8 Å². The van der Waals surface area contributed by atoms with E-state index in [4.69, 9.17) is 14.0 Å². The second-order valence-electron chi connectivity index (χ2n) is 8.24. The van der Waals surface area contributed by atoms with Gasteiger partial charge in [-0.25, -0.2) is 4.79 Å². The van der Waals surface area contributed by atoms with Crippen LogP contribution in [0.25, 0.3) is 11.4 Å². The summed E-state index contributed by atoms with van der Waals surface area (Å²) in [5, 5.41) is 9.38. The number of nitrogens with zero attached hydrogens (tertiary/aromatic N) is 2. The third-order valence-corrected chi connectivity index (χ3v) is 4.28. The molecular formula is C22H30N4O6. The predicted octanol–water partition coefficient (Wildman–Crippen LogP) is 3.01. The number of amides is 2. The Morgan fingerprint density at radius 1 is 1.22 bits per heavy atom. The van der Waals surface area contributed by atoms with Crippen LogP contribution in [0, 0.1) is 6.92 Å². The van der Waals surface area contributed by atoms with Gasteiger partial charge in [-0.15, -0.1) is 0 Å². The molecule has 0 bridgehead atoms. The minimum absolute atomic E-state index is 0.0123. The number of hydrogen-bond donors (Lipinski definition) is 2. The molecule has 0 spiro atoms. The summed E-state index contributed by atoms with van der Waals surface area (Å²) in [6.45, 7) is 7.37. The van der Waals surface area contributed by atoms with Crippen molar-refractivity contribution in [2.24, 2.45) is 0 Å². The summed E-state index contributed by atoms with van der Waals surface area (Å²) >= 11 is 0. The summed E-state index contributed by atoms with van der Waals surface area (Å²) in [4.78, 5) is 40.5. The zero-order valence-electron chi connectivity index (χ0n) is 19.1. The first-order valence-electron chi connectivity index (χ1n) is 10.3. The van der Waals surface area contributed by atoms with E-state index in [1.165, 1.54) is 7.11 Å². The maximum Gasteiger partial charge on any atom is 0.407 e. The Hall–Kier alpha value is -3.43. The number of esters is 1. The number of methoxy groups -OCH3 is 1. The summed E-state index contributed by atoms with van der Waals surface area (Å²) in [6.07, 6.45) is 0.488. The van der Waals surface area contributed by atoms with Gasteiger partial charge in [0.05, 0.1) is 13.5 Å². The summed E-state index contributed by atoms with van der Waals surface area (Å²) in [5.74, 6) is 0.0250. The van der Waals surface area contributed by atoms with Crippen LogP contribution in [0.3, 0.4) is 0 Å². The lowest BCUT2D eigenvalue weighted by Crippen LogP contribution is -2.38. The van der Waals surface area contributed by atoms with Crippen molar-refractivity contribution in [2.75, 3.05) is 13.7 Å². The molecule has 2 amide bonds. The fraction of sp³-hybridized carbons (Fsp3) is 0.500. The van der Waals surface area contributed by atoms with Crippen LogP contribution >= 0.6 is 0 Å². The van der Waals surface area contributed by atoms with Crippen molar-refractivity contribution >= 4 is 18.0 Å². The van der Waals surface area contributed by atoms with Gasteiger partial charge in [0, 0.05) is 30.6 Å². The molecule has 0 saturated carbocycles. The molecular weight excluding hydrogens is 416 g/mol. The normalized spacial score (nSPS) is 12.0. The molecule has 1 atom stereocenters. The maximum absolute atomic E-state index is 12.8. The number of ether oxygens (including phenoxy) is 2. The minimum atomic E-state index is -0.583. The first-order chi connectivity index (χ1) is 15.1. The first-order valence-corrected chi connectivity index (χ1v) is 10.3. The van der Waals surface area contributed by atoms with Crippen LogP contribution in [-0.4, -0.2) is 53.4 Å². The van der Waals surface area contributed by atoms with Gasteiger partial charge in [0.2, 0.25) is 11.7 Å². The minimum Gasteiger partial charge on any atom is -0.469 e. The van der Waals surface area contributed by atoms with E-state index in [-0.39, 0.29) is 12.3 Å². The van der Waals surface area contributed by atoms with Crippen LogP contribution in [0.2, 0.25) is 0 Å². The van der Waals surface area contributed by atoms with Crippen molar-refractivity contribution < 1.29 is 28.4 Å². The first kappa shape index (κ1) is 24.8. The topological polar surface area (TPSA) is 133 Å². The molecule has 0 saturated heterocycles. The second-order valence-corrected chi connectivity index (χ2v) is 8.24. The largest absolute Gasteiger partial charge is 0.469 e. The summed E-state index contributed by atoms with van der Waals surface area (Å²) in [7, 11) is 1.29. The Morgan fingerprint density at radius 3 is 2.59 bits per heavy atom. The molecule has 0 aliphatic rings. The van der Waals surface area contributed by atoms with Crippen molar-refractivity contribution in [2.45, 2.75) is 58.6 Å². The number of carbonyl (C=O) groups is 3. The fourth-order valence-electron chi connectivity index (χ4n) is 2.85. The SMILES string of the molecule is COC(=O)C[C@H](CCCNC(=O)OC(C)(C)C)NC(=O)c1cccc(-c2noc(C)n2)c1. The van der Waals surface area contributed by atoms with Crippen molar-refractivity contribution in [1.29, 1.82) is 0 Å². The standard InChI is InChI=1S/C22H30N4O6/c1-14-24-19(26-32-14)15-8-6-9-16(12-15)20(28)25-17(13-18(27)30-5)10-7-11-23-21(29)31-22(2,3)4/h6,8-9,12,17H,7,10-11,13H2,1-5H3,(H,23,29)(H,25,28)/t17-/m0/s1. The fourth-order valence-corrected chi connectivity index (χ4v) is 2.85. The van der Waals surface area contributed by atoms with Crippen molar-refractivity contribution in [3.8, 4) is 11.4 Å². The van der Waals surface area contributed by atoms with E-state index in [0.717, 1.165) is 0 Å². The number of aromatic nitrogens is 2. The van der Waals surface area contributed by atoms with Crippen LogP contribution < -0.4 is 10.6 Å². The Balaban J connectivity index is 1.96. The van der Waals surface area contributed by atoms with Crippen molar-refractivity contribution in [3.63, 3.8) is 0 Å². The Morgan fingerprint density at radius 2 is 1.97 bits per heavy atom. The van der Waals surface area contributed by atoms with Gasteiger partial charge in [-0.05, 0) is 45.7 Å². The van der Waals surface area contributed by atoms with Gasteiger partial charge < -0.3 is 24.6 Å². The van der Waals surface area contributed by atoms with Crippen LogP contribution in [0.15, 0.2) is 28.8 Å². The molecule has 0 fully saturated rings. The van der Waals surface area contributed by atoms with Crippen LogP contribution in [-0.2, 0) is 14.3 Å². The zero-order valence-corrected chi connectivity index (χ0v) is 19.1. The van der Waals surface area contributed by atoms with Gasteiger partial charge in [0.1, 0.15) is 5.60 Å². The molecule has 2 N–H and O–H groups in total. The molecule has 0 aliphatic heterocycles. The number of aryl methyl sites for hydroxylation is 1. The van der Waals surface area contributed by atoms with Crippen LogP contribution in [0.1, 0.15) is 56.3 Å². The highest BCUT2D eigenvalue weighted by Gasteiger charge is 2.19.